The van der Waals surface area contributed by atoms with Crippen molar-refractivity contribution in [2.45, 2.75) is 71.5 Å². The van der Waals surface area contributed by atoms with Crippen LogP contribution < -0.4 is 0 Å². The van der Waals surface area contributed by atoms with Gasteiger partial charge in [0.2, 0.25) is 0 Å². The lowest BCUT2D eigenvalue weighted by Crippen LogP contribution is -2.67. The van der Waals surface area contributed by atoms with E-state index < -0.39 is 22.5 Å². The zero-order valence-electron chi connectivity index (χ0n) is 14.9. The van der Waals surface area contributed by atoms with Gasteiger partial charge in [0, 0.05) is 16.4 Å². The van der Waals surface area contributed by atoms with E-state index >= 15 is 0 Å². The monoisotopic (exact) mass is 318 g/mol. The van der Waals surface area contributed by atoms with Crippen LogP contribution >= 0.6 is 0 Å². The number of allylic oxidation sites excluding steroid dienone is 2. The molecule has 5 unspecified atom stereocenters. The summed E-state index contributed by atoms with van der Waals surface area (Å²) in [6.45, 7) is 12.2. The van der Waals surface area contributed by atoms with Gasteiger partial charge in [-0.3, -0.25) is 4.79 Å². The van der Waals surface area contributed by atoms with Crippen molar-refractivity contribution in [1.29, 1.82) is 0 Å². The molecule has 128 valence electrons. The number of fused-ring (bicyclic) bond motifs is 3. The molecule has 3 nitrogen and oxygen atoms in total. The van der Waals surface area contributed by atoms with Gasteiger partial charge in [-0.05, 0) is 50.4 Å². The summed E-state index contributed by atoms with van der Waals surface area (Å²) in [6.07, 6.45) is 6.56. The van der Waals surface area contributed by atoms with Gasteiger partial charge in [-0.1, -0.05) is 32.9 Å². The Morgan fingerprint density at radius 3 is 2.48 bits per heavy atom. The Morgan fingerprint density at radius 2 is 1.87 bits per heavy atom. The molecule has 2 fully saturated rings. The third-order valence-corrected chi connectivity index (χ3v) is 7.54. The zero-order valence-corrected chi connectivity index (χ0v) is 14.9. The molecule has 0 aromatic heterocycles. The topological polar surface area (TPSA) is 57.5 Å². The zero-order chi connectivity index (χ0) is 17.3. The average Bonchev–Trinajstić information content (AvgIpc) is 2.50. The van der Waals surface area contributed by atoms with Crippen LogP contribution in [0.25, 0.3) is 0 Å². The van der Waals surface area contributed by atoms with E-state index in [0.717, 1.165) is 12.8 Å². The summed E-state index contributed by atoms with van der Waals surface area (Å²) >= 11 is 0. The molecule has 0 aliphatic heterocycles. The van der Waals surface area contributed by atoms with Crippen molar-refractivity contribution in [1.82, 2.24) is 0 Å². The fraction of sp³-hybridized carbons (Fsp3) is 0.750. The number of rotatable bonds is 1. The van der Waals surface area contributed by atoms with Gasteiger partial charge in [0.05, 0.1) is 6.10 Å². The Kier molecular flexibility index (Phi) is 3.53. The van der Waals surface area contributed by atoms with Crippen molar-refractivity contribution in [3.05, 3.63) is 24.3 Å². The number of ketones is 1. The van der Waals surface area contributed by atoms with E-state index in [9.17, 15) is 15.0 Å². The predicted octanol–water partition coefficient (Wildman–Crippen LogP) is 3.41. The van der Waals surface area contributed by atoms with Crippen molar-refractivity contribution in [2.75, 3.05) is 0 Å². The Bertz CT molecular complexity index is 590. The van der Waals surface area contributed by atoms with Crippen LogP contribution in [0.15, 0.2) is 24.3 Å². The third-order valence-electron chi connectivity index (χ3n) is 7.54. The Morgan fingerprint density at radius 1 is 1.22 bits per heavy atom. The lowest BCUT2D eigenvalue weighted by Gasteiger charge is -2.63. The summed E-state index contributed by atoms with van der Waals surface area (Å²) < 4.78 is 0. The van der Waals surface area contributed by atoms with Gasteiger partial charge in [-0.15, -0.1) is 6.58 Å². The highest BCUT2D eigenvalue weighted by Gasteiger charge is 2.66. The fourth-order valence-corrected chi connectivity index (χ4v) is 5.59. The maximum Gasteiger partial charge on any atom is 0.171 e. The van der Waals surface area contributed by atoms with Crippen LogP contribution in [0.5, 0.6) is 0 Å². The van der Waals surface area contributed by atoms with Gasteiger partial charge in [-0.25, -0.2) is 0 Å². The molecule has 0 saturated heterocycles. The van der Waals surface area contributed by atoms with Crippen LogP contribution in [0.2, 0.25) is 0 Å². The van der Waals surface area contributed by atoms with Crippen molar-refractivity contribution in [3.8, 4) is 0 Å². The first-order valence-electron chi connectivity index (χ1n) is 8.82. The third kappa shape index (κ3) is 1.93. The normalized spacial score (nSPS) is 49.0. The molecule has 0 aromatic carbocycles. The highest BCUT2D eigenvalue weighted by atomic mass is 16.3. The minimum Gasteiger partial charge on any atom is -0.392 e. The summed E-state index contributed by atoms with van der Waals surface area (Å²) in [6, 6.07) is 0. The molecule has 3 aliphatic rings. The van der Waals surface area contributed by atoms with Crippen molar-refractivity contribution >= 4 is 5.78 Å². The van der Waals surface area contributed by atoms with Gasteiger partial charge in [0.25, 0.3) is 0 Å². The molecule has 0 amide bonds. The molecule has 23 heavy (non-hydrogen) atoms. The van der Waals surface area contributed by atoms with Gasteiger partial charge in [0.1, 0.15) is 5.60 Å². The second kappa shape index (κ2) is 4.80. The molecule has 3 rings (SSSR count). The minimum absolute atomic E-state index is 0.0171. The SMILES string of the molecule is C=CC1(C)CCC2(O)C(=CCC3C(C)(C)CCC(O)C32C)C1=O. The number of carbonyl (C=O) groups is 1. The molecule has 0 radical (unpaired) electrons. The number of hydrogen-bond acceptors (Lipinski definition) is 3. The summed E-state index contributed by atoms with van der Waals surface area (Å²) in [7, 11) is 0. The molecule has 5 atom stereocenters. The largest absolute Gasteiger partial charge is 0.392 e. The maximum absolute atomic E-state index is 13.0. The summed E-state index contributed by atoms with van der Waals surface area (Å²) in [4.78, 5) is 13.0. The quantitative estimate of drug-likeness (QED) is 0.729. The van der Waals surface area contributed by atoms with Gasteiger partial charge in [0.15, 0.2) is 5.78 Å². The van der Waals surface area contributed by atoms with Crippen LogP contribution in [0.1, 0.15) is 59.8 Å². The molecule has 2 saturated carbocycles. The molecule has 0 heterocycles. The highest BCUT2D eigenvalue weighted by molar-refractivity contribution is 6.03. The smallest absolute Gasteiger partial charge is 0.171 e. The molecule has 3 heteroatoms. The van der Waals surface area contributed by atoms with Crippen LogP contribution in [-0.4, -0.2) is 27.7 Å². The van der Waals surface area contributed by atoms with Gasteiger partial charge in [-0.2, -0.15) is 0 Å². The number of hydrogen-bond donors (Lipinski definition) is 2. The molecule has 0 aromatic rings. The molecule has 3 aliphatic carbocycles. The van der Waals surface area contributed by atoms with Crippen LogP contribution in [0.3, 0.4) is 0 Å². The first-order chi connectivity index (χ1) is 10.5. The minimum atomic E-state index is -1.23. The summed E-state index contributed by atoms with van der Waals surface area (Å²) in [5.41, 5.74) is -1.93. The number of aliphatic hydroxyl groups excluding tert-OH is 1. The second-order valence-electron chi connectivity index (χ2n) is 9.04. The van der Waals surface area contributed by atoms with Gasteiger partial charge >= 0.3 is 0 Å². The number of Topliss-reactive ketones (excluding diaryl/α,β-unsaturated/α-hetero) is 1. The molecule has 0 bridgehead atoms. The Balaban J connectivity index is 2.15. The van der Waals surface area contributed by atoms with E-state index in [1.54, 1.807) is 6.08 Å². The average molecular weight is 318 g/mol. The highest BCUT2D eigenvalue weighted by Crippen LogP contribution is 2.64. The van der Waals surface area contributed by atoms with Crippen LogP contribution in [0, 0.1) is 22.2 Å². The lowest BCUT2D eigenvalue weighted by atomic mass is 9.43. The van der Waals surface area contributed by atoms with Crippen molar-refractivity contribution in [3.63, 3.8) is 0 Å². The van der Waals surface area contributed by atoms with Crippen molar-refractivity contribution in [2.24, 2.45) is 22.2 Å². The first-order valence-corrected chi connectivity index (χ1v) is 8.82. The van der Waals surface area contributed by atoms with Crippen LogP contribution in [-0.2, 0) is 4.79 Å². The van der Waals surface area contributed by atoms with E-state index in [1.807, 2.05) is 19.9 Å². The molecule has 0 spiro atoms. The predicted molar refractivity (Wildman–Crippen MR) is 90.8 cm³/mol. The second-order valence-corrected chi connectivity index (χ2v) is 9.04. The van der Waals surface area contributed by atoms with Gasteiger partial charge < -0.3 is 10.2 Å². The summed E-state index contributed by atoms with van der Waals surface area (Å²) in [5, 5.41) is 22.5. The van der Waals surface area contributed by atoms with E-state index in [1.165, 1.54) is 0 Å². The van der Waals surface area contributed by atoms with E-state index in [2.05, 4.69) is 20.4 Å². The lowest BCUT2D eigenvalue weighted by molar-refractivity contribution is -0.208. The Labute approximate surface area is 139 Å². The summed E-state index contributed by atoms with van der Waals surface area (Å²) in [5.74, 6) is 0.157. The Hall–Kier alpha value is -0.930. The number of carbonyl (C=O) groups excluding carboxylic acids is 1. The molecule has 2 N–H and O–H groups in total. The van der Waals surface area contributed by atoms with E-state index in [4.69, 9.17) is 0 Å². The first kappa shape index (κ1) is 16.9. The fourth-order valence-electron chi connectivity index (χ4n) is 5.59. The van der Waals surface area contributed by atoms with E-state index in [-0.39, 0.29) is 17.1 Å². The molecular weight excluding hydrogens is 288 g/mol. The standard InChI is InChI=1S/C20H30O3/c1-6-18(4)11-12-20(23)13(16(18)22)7-8-14-17(2,3)10-9-15(21)19(14,20)5/h6-7,14-15,21,23H,1,8-12H2,2-5H3. The molecular formula is C20H30O3. The maximum atomic E-state index is 13.0. The van der Waals surface area contributed by atoms with E-state index in [0.29, 0.717) is 24.8 Å². The van der Waals surface area contributed by atoms with Crippen LogP contribution in [0.4, 0.5) is 0 Å². The van der Waals surface area contributed by atoms with Crippen molar-refractivity contribution < 1.29 is 15.0 Å². The number of aliphatic hydroxyl groups is 2.